The van der Waals surface area contributed by atoms with E-state index in [4.69, 9.17) is 26.0 Å². The number of nitrogens with zero attached hydrogens (tertiary/aromatic N) is 1. The number of fused-ring (bicyclic) bond motifs is 1. The number of carboxylic acid groups (broad SMARTS) is 1. The number of halogens is 1. The van der Waals surface area contributed by atoms with E-state index < -0.39 is 5.97 Å². The Morgan fingerprint density at radius 1 is 1.45 bits per heavy atom. The first kappa shape index (κ1) is 13.0. The summed E-state index contributed by atoms with van der Waals surface area (Å²) in [6, 6.07) is 3.32. The molecule has 0 saturated carbocycles. The van der Waals surface area contributed by atoms with Crippen LogP contribution in [0.2, 0.25) is 5.02 Å². The molecule has 0 unspecified atom stereocenters. The van der Waals surface area contributed by atoms with E-state index in [1.54, 1.807) is 0 Å². The molecule has 0 amide bonds. The van der Waals surface area contributed by atoms with Gasteiger partial charge in [-0.3, -0.25) is 0 Å². The van der Waals surface area contributed by atoms with Crippen molar-refractivity contribution >= 4 is 17.6 Å². The lowest BCUT2D eigenvalue weighted by Crippen LogP contribution is -1.95. The molecule has 5 nitrogen and oxygen atoms in total. The Bertz CT molecular complexity index is 693. The minimum absolute atomic E-state index is 0.140. The highest BCUT2D eigenvalue weighted by atomic mass is 35.5. The largest absolute Gasteiger partial charge is 0.494 e. The van der Waals surface area contributed by atoms with Gasteiger partial charge in [-0.2, -0.15) is 0 Å². The van der Waals surface area contributed by atoms with Crippen LogP contribution in [-0.2, 0) is 12.8 Å². The van der Waals surface area contributed by atoms with Gasteiger partial charge in [-0.25, -0.2) is 4.79 Å². The zero-order valence-electron chi connectivity index (χ0n) is 10.8. The second-order valence-corrected chi connectivity index (χ2v) is 5.02. The van der Waals surface area contributed by atoms with Crippen LogP contribution in [0.4, 0.5) is 0 Å². The van der Waals surface area contributed by atoms with Crippen molar-refractivity contribution in [3.63, 3.8) is 0 Å². The summed E-state index contributed by atoms with van der Waals surface area (Å²) in [6.45, 7) is 0. The van der Waals surface area contributed by atoms with Gasteiger partial charge in [0.05, 0.1) is 17.7 Å². The van der Waals surface area contributed by atoms with E-state index in [-0.39, 0.29) is 5.69 Å². The summed E-state index contributed by atoms with van der Waals surface area (Å²) in [5, 5.41) is 13.0. The van der Waals surface area contributed by atoms with Crippen molar-refractivity contribution in [2.24, 2.45) is 0 Å². The Balaban J connectivity index is 2.17. The van der Waals surface area contributed by atoms with Crippen LogP contribution in [0, 0.1) is 0 Å². The number of carboxylic acids is 1. The lowest BCUT2D eigenvalue weighted by Gasteiger charge is -2.12. The molecule has 0 bridgehead atoms. The van der Waals surface area contributed by atoms with Crippen LogP contribution in [-0.4, -0.2) is 23.3 Å². The lowest BCUT2D eigenvalue weighted by molar-refractivity contribution is 0.0686. The van der Waals surface area contributed by atoms with Crippen molar-refractivity contribution in [3.8, 4) is 17.1 Å². The van der Waals surface area contributed by atoms with E-state index >= 15 is 0 Å². The van der Waals surface area contributed by atoms with Crippen molar-refractivity contribution in [1.29, 1.82) is 0 Å². The Hall–Kier alpha value is -2.01. The number of aryl methyl sites for hydroxylation is 1. The molecule has 3 rings (SSSR count). The fourth-order valence-corrected chi connectivity index (χ4v) is 2.95. The highest BCUT2D eigenvalue weighted by Crippen LogP contribution is 2.43. The maximum Gasteiger partial charge on any atom is 0.358 e. The van der Waals surface area contributed by atoms with Crippen LogP contribution in [0.25, 0.3) is 11.3 Å². The molecule has 1 aromatic carbocycles. The van der Waals surface area contributed by atoms with E-state index in [0.29, 0.717) is 22.1 Å². The summed E-state index contributed by atoms with van der Waals surface area (Å²) in [4.78, 5) is 10.9. The third-order valence-electron chi connectivity index (χ3n) is 3.49. The monoisotopic (exact) mass is 293 g/mol. The summed E-state index contributed by atoms with van der Waals surface area (Å²) in [6.07, 6.45) is 2.94. The zero-order chi connectivity index (χ0) is 14.3. The van der Waals surface area contributed by atoms with Gasteiger partial charge in [-0.15, -0.1) is 0 Å². The fourth-order valence-electron chi connectivity index (χ4n) is 2.56. The standard InChI is InChI=1S/C14H12ClNO4/c1-19-13-9(11-6-10(14(17)18)16-20-11)5-7-3-2-4-8(7)12(13)15/h5-6H,2-4H2,1H3,(H,17,18). The van der Waals surface area contributed by atoms with Crippen molar-refractivity contribution in [2.45, 2.75) is 19.3 Å². The molecule has 0 saturated heterocycles. The van der Waals surface area contributed by atoms with Gasteiger partial charge in [0.25, 0.3) is 0 Å². The molecule has 1 heterocycles. The lowest BCUT2D eigenvalue weighted by atomic mass is 10.0. The second-order valence-electron chi connectivity index (χ2n) is 4.64. The normalized spacial score (nSPS) is 13.3. The molecule has 2 aromatic rings. The third-order valence-corrected chi connectivity index (χ3v) is 3.89. The molecule has 1 aliphatic rings. The number of methoxy groups -OCH3 is 1. The van der Waals surface area contributed by atoms with Gasteiger partial charge in [-0.1, -0.05) is 16.8 Å². The van der Waals surface area contributed by atoms with Gasteiger partial charge in [0, 0.05) is 6.07 Å². The number of aromatic carboxylic acids is 1. The maximum absolute atomic E-state index is 10.9. The maximum atomic E-state index is 10.9. The third kappa shape index (κ3) is 1.94. The molecule has 0 atom stereocenters. The fraction of sp³-hybridized carbons (Fsp3) is 0.286. The quantitative estimate of drug-likeness (QED) is 0.941. The van der Waals surface area contributed by atoms with Gasteiger partial charge in [0.2, 0.25) is 0 Å². The van der Waals surface area contributed by atoms with Gasteiger partial charge < -0.3 is 14.4 Å². The van der Waals surface area contributed by atoms with Crippen LogP contribution in [0.5, 0.6) is 5.75 Å². The number of benzene rings is 1. The predicted octanol–water partition coefficient (Wildman–Crippen LogP) is 3.19. The van der Waals surface area contributed by atoms with E-state index in [9.17, 15) is 4.79 Å². The molecule has 1 aliphatic carbocycles. The number of hydrogen-bond donors (Lipinski definition) is 1. The first-order chi connectivity index (χ1) is 9.61. The number of rotatable bonds is 3. The molecule has 0 spiro atoms. The number of hydrogen-bond acceptors (Lipinski definition) is 4. The molecule has 104 valence electrons. The van der Waals surface area contributed by atoms with E-state index in [0.717, 1.165) is 30.4 Å². The van der Waals surface area contributed by atoms with Gasteiger partial charge in [0.1, 0.15) is 5.75 Å². The van der Waals surface area contributed by atoms with E-state index in [1.165, 1.54) is 13.2 Å². The van der Waals surface area contributed by atoms with E-state index in [2.05, 4.69) is 5.16 Å². The summed E-state index contributed by atoms with van der Waals surface area (Å²) in [7, 11) is 1.53. The van der Waals surface area contributed by atoms with Crippen LogP contribution in [0.15, 0.2) is 16.7 Å². The predicted molar refractivity (Wildman–Crippen MR) is 72.5 cm³/mol. The van der Waals surface area contributed by atoms with Crippen molar-refractivity contribution in [1.82, 2.24) is 5.16 Å². The topological polar surface area (TPSA) is 72.6 Å². The second kappa shape index (κ2) is 4.83. The molecule has 20 heavy (non-hydrogen) atoms. The van der Waals surface area contributed by atoms with Gasteiger partial charge in [0.15, 0.2) is 11.5 Å². The Morgan fingerprint density at radius 3 is 2.90 bits per heavy atom. The van der Waals surface area contributed by atoms with Crippen molar-refractivity contribution in [2.75, 3.05) is 7.11 Å². The highest BCUT2D eigenvalue weighted by Gasteiger charge is 2.24. The minimum atomic E-state index is -1.13. The molecular weight excluding hydrogens is 282 g/mol. The van der Waals surface area contributed by atoms with Crippen LogP contribution in [0.3, 0.4) is 0 Å². The highest BCUT2D eigenvalue weighted by molar-refractivity contribution is 6.33. The molecule has 0 radical (unpaired) electrons. The molecular formula is C14H12ClNO4. The molecule has 0 fully saturated rings. The first-order valence-corrected chi connectivity index (χ1v) is 6.58. The molecule has 1 N–H and O–H groups in total. The number of carbonyl (C=O) groups is 1. The van der Waals surface area contributed by atoms with Gasteiger partial charge >= 0.3 is 5.97 Å². The van der Waals surface area contributed by atoms with Crippen molar-refractivity contribution < 1.29 is 19.2 Å². The molecule has 0 aliphatic heterocycles. The smallest absolute Gasteiger partial charge is 0.358 e. The van der Waals surface area contributed by atoms with Gasteiger partial charge in [-0.05, 0) is 36.5 Å². The van der Waals surface area contributed by atoms with Crippen LogP contribution in [0.1, 0.15) is 28.0 Å². The Kier molecular flexibility index (Phi) is 3.14. The van der Waals surface area contributed by atoms with E-state index in [1.807, 2.05) is 6.07 Å². The minimum Gasteiger partial charge on any atom is -0.494 e. The molecule has 1 aromatic heterocycles. The first-order valence-electron chi connectivity index (χ1n) is 6.20. The SMILES string of the molecule is COc1c(-c2cc(C(=O)O)no2)cc2c(c1Cl)CCC2. The summed E-state index contributed by atoms with van der Waals surface area (Å²) >= 11 is 6.38. The Labute approximate surface area is 120 Å². The van der Waals surface area contributed by atoms with Crippen molar-refractivity contribution in [3.05, 3.63) is 34.0 Å². The Morgan fingerprint density at radius 2 is 2.25 bits per heavy atom. The number of ether oxygens (including phenoxy) is 1. The average molecular weight is 294 g/mol. The summed E-state index contributed by atoms with van der Waals surface area (Å²) in [5.74, 6) is -0.289. The summed E-state index contributed by atoms with van der Waals surface area (Å²) < 4.78 is 10.5. The molecule has 6 heteroatoms. The average Bonchev–Trinajstić information content (AvgIpc) is 3.07. The zero-order valence-corrected chi connectivity index (χ0v) is 11.5. The summed E-state index contributed by atoms with van der Waals surface area (Å²) in [5.41, 5.74) is 2.75. The number of aromatic nitrogens is 1. The van der Waals surface area contributed by atoms with Crippen LogP contribution < -0.4 is 4.74 Å². The van der Waals surface area contributed by atoms with Crippen LogP contribution >= 0.6 is 11.6 Å².